The second-order valence-electron chi connectivity index (χ2n) is 4.42. The van der Waals surface area contributed by atoms with Crippen LogP contribution in [-0.4, -0.2) is 54.3 Å². The van der Waals surface area contributed by atoms with E-state index in [-0.39, 0.29) is 6.61 Å². The van der Waals surface area contributed by atoms with Crippen LogP contribution in [0.3, 0.4) is 0 Å². The standard InChI is InChI=1S/C12H20N4O/c1-10-2-3-11(14-12(10)13)16-6-4-15(5-7-16)8-9-17/h2-3,17H,4-9H2,1H3,(H2,13,14). The largest absolute Gasteiger partial charge is 0.395 e. The minimum Gasteiger partial charge on any atom is -0.395 e. The highest BCUT2D eigenvalue weighted by Crippen LogP contribution is 2.17. The number of aliphatic hydroxyl groups is 1. The minimum atomic E-state index is 0.232. The van der Waals surface area contributed by atoms with Gasteiger partial charge in [-0.15, -0.1) is 0 Å². The highest BCUT2D eigenvalue weighted by molar-refractivity contribution is 5.49. The van der Waals surface area contributed by atoms with Crippen LogP contribution in [0.15, 0.2) is 12.1 Å². The highest BCUT2D eigenvalue weighted by atomic mass is 16.3. The van der Waals surface area contributed by atoms with Gasteiger partial charge in [-0.3, -0.25) is 4.90 Å². The molecule has 0 radical (unpaired) electrons. The molecule has 1 aromatic heterocycles. The third kappa shape index (κ3) is 2.87. The van der Waals surface area contributed by atoms with Crippen molar-refractivity contribution in [2.45, 2.75) is 6.92 Å². The van der Waals surface area contributed by atoms with Crippen LogP contribution >= 0.6 is 0 Å². The maximum absolute atomic E-state index is 8.88. The zero-order chi connectivity index (χ0) is 12.3. The van der Waals surface area contributed by atoms with Gasteiger partial charge >= 0.3 is 0 Å². The summed E-state index contributed by atoms with van der Waals surface area (Å²) in [5, 5.41) is 8.88. The van der Waals surface area contributed by atoms with Crippen molar-refractivity contribution in [3.63, 3.8) is 0 Å². The molecule has 5 heteroatoms. The topological polar surface area (TPSA) is 65.6 Å². The third-order valence-corrected chi connectivity index (χ3v) is 3.23. The number of hydrogen-bond donors (Lipinski definition) is 2. The fourth-order valence-electron chi connectivity index (χ4n) is 2.05. The van der Waals surface area contributed by atoms with Gasteiger partial charge in [0.05, 0.1) is 6.61 Å². The monoisotopic (exact) mass is 236 g/mol. The smallest absolute Gasteiger partial charge is 0.131 e. The molecule has 5 nitrogen and oxygen atoms in total. The van der Waals surface area contributed by atoms with E-state index in [4.69, 9.17) is 10.8 Å². The normalized spacial score (nSPS) is 17.4. The molecule has 0 saturated carbocycles. The zero-order valence-electron chi connectivity index (χ0n) is 10.3. The molecule has 17 heavy (non-hydrogen) atoms. The Morgan fingerprint density at radius 1 is 1.29 bits per heavy atom. The number of rotatable bonds is 3. The van der Waals surface area contributed by atoms with Crippen LogP contribution in [0.2, 0.25) is 0 Å². The first kappa shape index (κ1) is 12.1. The molecule has 0 aromatic carbocycles. The Bertz CT molecular complexity index is 375. The number of nitrogen functional groups attached to an aromatic ring is 1. The van der Waals surface area contributed by atoms with Gasteiger partial charge in [-0.25, -0.2) is 4.98 Å². The minimum absolute atomic E-state index is 0.232. The van der Waals surface area contributed by atoms with E-state index < -0.39 is 0 Å². The number of anilines is 2. The first-order valence-corrected chi connectivity index (χ1v) is 6.02. The molecule has 94 valence electrons. The molecule has 0 spiro atoms. The van der Waals surface area contributed by atoms with Crippen LogP contribution in [-0.2, 0) is 0 Å². The first-order chi connectivity index (χ1) is 8.20. The van der Waals surface area contributed by atoms with Gasteiger partial charge in [0.2, 0.25) is 0 Å². The van der Waals surface area contributed by atoms with Crippen molar-refractivity contribution in [3.8, 4) is 0 Å². The molecule has 3 N–H and O–H groups in total. The van der Waals surface area contributed by atoms with Gasteiger partial charge in [-0.2, -0.15) is 0 Å². The average molecular weight is 236 g/mol. The summed E-state index contributed by atoms with van der Waals surface area (Å²) in [5.41, 5.74) is 6.84. The van der Waals surface area contributed by atoms with Gasteiger partial charge in [0.1, 0.15) is 11.6 Å². The van der Waals surface area contributed by atoms with Crippen LogP contribution < -0.4 is 10.6 Å². The van der Waals surface area contributed by atoms with E-state index in [1.54, 1.807) is 0 Å². The quantitative estimate of drug-likeness (QED) is 0.778. The number of aromatic nitrogens is 1. The lowest BCUT2D eigenvalue weighted by Crippen LogP contribution is -2.47. The molecule has 0 amide bonds. The lowest BCUT2D eigenvalue weighted by Gasteiger charge is -2.35. The summed E-state index contributed by atoms with van der Waals surface area (Å²) in [6, 6.07) is 4.03. The molecule has 1 aliphatic rings. The highest BCUT2D eigenvalue weighted by Gasteiger charge is 2.17. The molecule has 1 aliphatic heterocycles. The number of nitrogens with two attached hydrogens (primary N) is 1. The van der Waals surface area contributed by atoms with E-state index in [1.807, 2.05) is 19.1 Å². The Labute approximate surface area is 102 Å². The predicted molar refractivity (Wildman–Crippen MR) is 69.1 cm³/mol. The molecule has 2 heterocycles. The van der Waals surface area contributed by atoms with Crippen LogP contribution in [0.4, 0.5) is 11.6 Å². The summed E-state index contributed by atoms with van der Waals surface area (Å²) in [6.45, 7) is 6.77. The molecular weight excluding hydrogens is 216 g/mol. The van der Waals surface area contributed by atoms with Crippen molar-refractivity contribution in [3.05, 3.63) is 17.7 Å². The molecule has 1 saturated heterocycles. The molecule has 1 fully saturated rings. The zero-order valence-corrected chi connectivity index (χ0v) is 10.3. The molecule has 0 aliphatic carbocycles. The number of aryl methyl sites for hydroxylation is 1. The maximum Gasteiger partial charge on any atom is 0.131 e. The van der Waals surface area contributed by atoms with Crippen molar-refractivity contribution in [1.82, 2.24) is 9.88 Å². The van der Waals surface area contributed by atoms with Crippen LogP contribution in [0, 0.1) is 6.92 Å². The predicted octanol–water partition coefficient (Wildman–Crippen LogP) is 0.0865. The van der Waals surface area contributed by atoms with Crippen molar-refractivity contribution in [2.75, 3.05) is 50.0 Å². The lowest BCUT2D eigenvalue weighted by molar-refractivity contribution is 0.188. The van der Waals surface area contributed by atoms with Crippen LogP contribution in [0.5, 0.6) is 0 Å². The average Bonchev–Trinajstić information content (AvgIpc) is 2.34. The summed E-state index contributed by atoms with van der Waals surface area (Å²) < 4.78 is 0. The second-order valence-corrected chi connectivity index (χ2v) is 4.42. The van der Waals surface area contributed by atoms with Gasteiger partial charge in [-0.1, -0.05) is 6.07 Å². The SMILES string of the molecule is Cc1ccc(N2CCN(CCO)CC2)nc1N. The van der Waals surface area contributed by atoms with E-state index in [0.29, 0.717) is 5.82 Å². The fraction of sp³-hybridized carbons (Fsp3) is 0.583. The van der Waals surface area contributed by atoms with Gasteiger partial charge in [-0.05, 0) is 18.6 Å². The van der Waals surface area contributed by atoms with Crippen molar-refractivity contribution in [2.24, 2.45) is 0 Å². The van der Waals surface area contributed by atoms with Gasteiger partial charge < -0.3 is 15.7 Å². The number of aliphatic hydroxyl groups excluding tert-OH is 1. The van der Waals surface area contributed by atoms with E-state index in [1.165, 1.54) is 0 Å². The van der Waals surface area contributed by atoms with Gasteiger partial charge in [0, 0.05) is 32.7 Å². The van der Waals surface area contributed by atoms with Crippen molar-refractivity contribution < 1.29 is 5.11 Å². The second kappa shape index (κ2) is 5.33. The molecular formula is C12H20N4O. The summed E-state index contributed by atoms with van der Waals surface area (Å²) in [7, 11) is 0. The number of pyridine rings is 1. The number of hydrogen-bond acceptors (Lipinski definition) is 5. The molecule has 1 aromatic rings. The fourth-order valence-corrected chi connectivity index (χ4v) is 2.05. The van der Waals surface area contributed by atoms with Crippen LogP contribution in [0.25, 0.3) is 0 Å². The molecule has 0 bridgehead atoms. The molecule has 0 atom stereocenters. The molecule has 0 unspecified atom stereocenters. The Hall–Kier alpha value is -1.33. The Kier molecular flexibility index (Phi) is 3.81. The maximum atomic E-state index is 8.88. The van der Waals surface area contributed by atoms with Crippen molar-refractivity contribution in [1.29, 1.82) is 0 Å². The number of piperazine rings is 1. The van der Waals surface area contributed by atoms with E-state index in [9.17, 15) is 0 Å². The summed E-state index contributed by atoms with van der Waals surface area (Å²) >= 11 is 0. The van der Waals surface area contributed by atoms with E-state index in [2.05, 4.69) is 14.8 Å². The van der Waals surface area contributed by atoms with Gasteiger partial charge in [0.25, 0.3) is 0 Å². The summed E-state index contributed by atoms with van der Waals surface area (Å²) in [4.78, 5) is 8.90. The van der Waals surface area contributed by atoms with E-state index >= 15 is 0 Å². The Balaban J connectivity index is 1.98. The van der Waals surface area contributed by atoms with Gasteiger partial charge in [0.15, 0.2) is 0 Å². The Morgan fingerprint density at radius 3 is 2.59 bits per heavy atom. The molecule has 2 rings (SSSR count). The summed E-state index contributed by atoms with van der Waals surface area (Å²) in [6.07, 6.45) is 0. The Morgan fingerprint density at radius 2 is 2.00 bits per heavy atom. The third-order valence-electron chi connectivity index (χ3n) is 3.23. The number of β-amino-alcohol motifs (C(OH)–C–C–N with tert-alkyl or cyclic N) is 1. The van der Waals surface area contributed by atoms with Crippen LogP contribution in [0.1, 0.15) is 5.56 Å². The first-order valence-electron chi connectivity index (χ1n) is 6.02. The summed E-state index contributed by atoms with van der Waals surface area (Å²) in [5.74, 6) is 1.57. The number of nitrogens with zero attached hydrogens (tertiary/aromatic N) is 3. The van der Waals surface area contributed by atoms with Crippen molar-refractivity contribution >= 4 is 11.6 Å². The lowest BCUT2D eigenvalue weighted by atomic mass is 10.2. The van der Waals surface area contributed by atoms with E-state index in [0.717, 1.165) is 44.1 Å².